The fourth-order valence-electron chi connectivity index (χ4n) is 0.0632. The molecule has 0 bridgehead atoms. The van der Waals surface area contributed by atoms with Gasteiger partial charge < -0.3 is 0 Å². The van der Waals surface area contributed by atoms with E-state index in [1.165, 1.54) is 0 Å². The summed E-state index contributed by atoms with van der Waals surface area (Å²) in [6, 6.07) is 0. The molecule has 0 heterocycles. The van der Waals surface area contributed by atoms with Crippen LogP contribution >= 0.6 is 0 Å². The molecular formula is CH3N3Zn. The van der Waals surface area contributed by atoms with E-state index in [0.717, 1.165) is 0 Å². The zero-order valence-corrected chi connectivity index (χ0v) is 6.02. The first-order chi connectivity index (χ1) is 2.41. The van der Waals surface area contributed by atoms with Crippen molar-refractivity contribution in [1.29, 1.82) is 0 Å². The number of azide groups is 1. The molecule has 0 atom stereocenters. The van der Waals surface area contributed by atoms with Gasteiger partial charge in [0.1, 0.15) is 0 Å². The van der Waals surface area contributed by atoms with Gasteiger partial charge >= 0.3 is 37.2 Å². The summed E-state index contributed by atoms with van der Waals surface area (Å²) in [5.41, 5.74) is 9.55. The maximum atomic E-state index is 7.57. The van der Waals surface area contributed by atoms with Crippen LogP contribution in [0.2, 0.25) is 5.52 Å². The van der Waals surface area contributed by atoms with Crippen LogP contribution < -0.4 is 0 Å². The van der Waals surface area contributed by atoms with Crippen molar-refractivity contribution < 1.29 is 17.4 Å². The summed E-state index contributed by atoms with van der Waals surface area (Å²) in [6.07, 6.45) is 0. The minimum atomic E-state index is -0.703. The van der Waals surface area contributed by atoms with E-state index in [0.29, 0.717) is 0 Å². The Morgan fingerprint density at radius 1 is 2.00 bits per heavy atom. The molecule has 5 heavy (non-hydrogen) atoms. The Hall–Kier alpha value is -0.0666. The fourth-order valence-corrected chi connectivity index (χ4v) is 0.329. The van der Waals surface area contributed by atoms with E-state index in [9.17, 15) is 0 Å². The molecule has 0 fully saturated rings. The summed E-state index contributed by atoms with van der Waals surface area (Å²) in [5, 5.41) is 0. The predicted octanol–water partition coefficient (Wildman–Crippen LogP) is 1.34. The molecule has 0 unspecified atom stereocenters. The van der Waals surface area contributed by atoms with E-state index in [2.05, 4.69) is 8.77 Å². The molecule has 3 nitrogen and oxygen atoms in total. The molecule has 0 aliphatic carbocycles. The molecule has 0 saturated heterocycles. The number of nitrogens with zero attached hydrogens (tertiary/aromatic N) is 3. The first-order valence-electron chi connectivity index (χ1n) is 1.42. The van der Waals surface area contributed by atoms with Crippen molar-refractivity contribution in [2.24, 2.45) is 3.86 Å². The second kappa shape index (κ2) is 3.93. The molecule has 0 radical (unpaired) electrons. The van der Waals surface area contributed by atoms with Gasteiger partial charge in [0.15, 0.2) is 0 Å². The zero-order chi connectivity index (χ0) is 4.12. The van der Waals surface area contributed by atoms with Crippen LogP contribution in [0.25, 0.3) is 10.4 Å². The average Bonchev–Trinajstić information content (AvgIpc) is 1.41. The summed E-state index contributed by atoms with van der Waals surface area (Å²) >= 11 is -0.703. The third-order valence-corrected chi connectivity index (χ3v) is 1.06. The first-order valence-corrected chi connectivity index (χ1v) is 5.72. The van der Waals surface area contributed by atoms with Crippen LogP contribution in [0.4, 0.5) is 0 Å². The van der Waals surface area contributed by atoms with Crippen molar-refractivity contribution in [3.8, 4) is 0 Å². The normalized spacial score (nSPS) is 4.20. The molecule has 0 aromatic rings. The molecule has 0 aliphatic rings. The standard InChI is InChI=1S/CH3.N3.Zn/c;1-3-2;/h1H3;;/q;-1;+1. The Bertz CT molecular complexity index is 53.9. The number of rotatable bonds is 1. The van der Waals surface area contributed by atoms with Gasteiger partial charge in [-0.25, -0.2) is 0 Å². The Morgan fingerprint density at radius 2 is 2.60 bits per heavy atom. The van der Waals surface area contributed by atoms with Crippen LogP contribution in [0.3, 0.4) is 0 Å². The van der Waals surface area contributed by atoms with Crippen molar-refractivity contribution in [2.75, 3.05) is 0 Å². The van der Waals surface area contributed by atoms with Gasteiger partial charge in [0, 0.05) is 0 Å². The van der Waals surface area contributed by atoms with Crippen molar-refractivity contribution >= 4 is 0 Å². The molecule has 0 aromatic carbocycles. The van der Waals surface area contributed by atoms with Gasteiger partial charge in [0.2, 0.25) is 0 Å². The van der Waals surface area contributed by atoms with Gasteiger partial charge in [-0.1, -0.05) is 0 Å². The van der Waals surface area contributed by atoms with Gasteiger partial charge in [-0.2, -0.15) is 0 Å². The van der Waals surface area contributed by atoms with E-state index < -0.39 is 17.4 Å². The van der Waals surface area contributed by atoms with Crippen molar-refractivity contribution in [2.45, 2.75) is 5.52 Å². The van der Waals surface area contributed by atoms with Gasteiger partial charge in [-0.15, -0.1) is 0 Å². The van der Waals surface area contributed by atoms with Gasteiger partial charge in [0.25, 0.3) is 0 Å². The molecule has 0 saturated carbocycles. The monoisotopic (exact) mass is 121 g/mol. The molecule has 0 aliphatic heterocycles. The minimum absolute atomic E-state index is 0.703. The van der Waals surface area contributed by atoms with Crippen LogP contribution in [0.15, 0.2) is 3.86 Å². The van der Waals surface area contributed by atoms with E-state index in [1.807, 2.05) is 5.52 Å². The summed E-state index contributed by atoms with van der Waals surface area (Å²) in [5.74, 6) is 0. The summed E-state index contributed by atoms with van der Waals surface area (Å²) in [6.45, 7) is 0. The topological polar surface area (TPSA) is 48.8 Å². The molecule has 24 valence electrons. The van der Waals surface area contributed by atoms with Gasteiger partial charge in [0.05, 0.1) is 0 Å². The van der Waals surface area contributed by atoms with Crippen LogP contribution in [-0.2, 0) is 17.4 Å². The van der Waals surface area contributed by atoms with Crippen LogP contribution in [-0.4, -0.2) is 0 Å². The van der Waals surface area contributed by atoms with Crippen molar-refractivity contribution in [3.05, 3.63) is 10.4 Å². The third-order valence-electron chi connectivity index (χ3n) is 0.205. The second-order valence-corrected chi connectivity index (χ2v) is 2.47. The van der Waals surface area contributed by atoms with Crippen molar-refractivity contribution in [1.82, 2.24) is 0 Å². The Balaban J connectivity index is 2.93. The van der Waals surface area contributed by atoms with Gasteiger partial charge in [-0.05, 0) is 0 Å². The Labute approximate surface area is 37.9 Å². The van der Waals surface area contributed by atoms with E-state index >= 15 is 0 Å². The fraction of sp³-hybridized carbons (Fsp3) is 1.00. The number of hydrogen-bond donors (Lipinski definition) is 0. The van der Waals surface area contributed by atoms with Crippen LogP contribution in [0.1, 0.15) is 0 Å². The Morgan fingerprint density at radius 3 is 2.60 bits per heavy atom. The molecule has 0 rings (SSSR count). The van der Waals surface area contributed by atoms with Gasteiger partial charge in [-0.3, -0.25) is 0 Å². The molecule has 0 spiro atoms. The van der Waals surface area contributed by atoms with Crippen LogP contribution in [0, 0.1) is 0 Å². The quantitative estimate of drug-likeness (QED) is 0.218. The van der Waals surface area contributed by atoms with E-state index in [4.69, 9.17) is 5.53 Å². The Kier molecular flexibility index (Phi) is 3.88. The molecular weight excluding hydrogens is 119 g/mol. The molecule has 0 aromatic heterocycles. The summed E-state index contributed by atoms with van der Waals surface area (Å²) in [7, 11) is 0. The number of hydrogen-bond acceptors (Lipinski definition) is 1. The van der Waals surface area contributed by atoms with Crippen LogP contribution in [0.5, 0.6) is 0 Å². The second-order valence-electron chi connectivity index (χ2n) is 0.547. The molecule has 0 amide bonds. The van der Waals surface area contributed by atoms with E-state index in [1.54, 1.807) is 0 Å². The third kappa shape index (κ3) is 3.93. The first kappa shape index (κ1) is 4.93. The molecule has 0 N–H and O–H groups in total. The van der Waals surface area contributed by atoms with E-state index in [-0.39, 0.29) is 0 Å². The zero-order valence-electron chi connectivity index (χ0n) is 3.05. The molecule has 4 heteroatoms. The summed E-state index contributed by atoms with van der Waals surface area (Å²) in [4.78, 5) is 2.56. The van der Waals surface area contributed by atoms with Crippen molar-refractivity contribution in [3.63, 3.8) is 0 Å². The maximum absolute atomic E-state index is 7.57. The SMILES string of the molecule is [CH3][Zn][N]=[N+]=[N-]. The predicted molar refractivity (Wildman–Crippen MR) is 15.0 cm³/mol. The average molecular weight is 122 g/mol. The summed E-state index contributed by atoms with van der Waals surface area (Å²) < 4.78 is 3.34.